The van der Waals surface area contributed by atoms with E-state index in [9.17, 15) is 9.59 Å². The van der Waals surface area contributed by atoms with Gasteiger partial charge in [0.05, 0.1) is 12.2 Å². The molecule has 80 valence electrons. The fraction of sp³-hybridized carbons (Fsp3) is 0.333. The van der Waals surface area contributed by atoms with Crippen molar-refractivity contribution in [3.8, 4) is 5.75 Å². The fourth-order valence-electron chi connectivity index (χ4n) is 1.57. The van der Waals surface area contributed by atoms with Crippen molar-refractivity contribution in [2.75, 3.05) is 6.61 Å². The second-order valence-corrected chi connectivity index (χ2v) is 3.32. The van der Waals surface area contributed by atoms with E-state index in [1.54, 1.807) is 19.1 Å². The molecule has 0 spiro atoms. The summed E-state index contributed by atoms with van der Waals surface area (Å²) in [6.07, 6.45) is 0.749. The Morgan fingerprint density at radius 1 is 1.47 bits per heavy atom. The summed E-state index contributed by atoms with van der Waals surface area (Å²) >= 11 is 0. The van der Waals surface area contributed by atoms with Gasteiger partial charge in [-0.25, -0.2) is 0 Å². The first kappa shape index (κ1) is 11.4. The number of ether oxygens (including phenoxy) is 1. The standard InChI is InChI=1S/C12H14O3/c1-4-15-11-6-10(7-13)5-8(2)12(11)9(3)14/h5-7H,4H2,1-3H3. The molecule has 0 bridgehead atoms. The molecular formula is C12H14O3. The van der Waals surface area contributed by atoms with Crippen molar-refractivity contribution in [3.05, 3.63) is 28.8 Å². The van der Waals surface area contributed by atoms with E-state index in [2.05, 4.69) is 0 Å². The van der Waals surface area contributed by atoms with Crippen LogP contribution in [0, 0.1) is 6.92 Å². The number of aldehydes is 1. The van der Waals surface area contributed by atoms with E-state index >= 15 is 0 Å². The Morgan fingerprint density at radius 2 is 2.13 bits per heavy atom. The Bertz CT molecular complexity index is 394. The maximum atomic E-state index is 11.4. The first-order valence-electron chi connectivity index (χ1n) is 4.83. The molecular weight excluding hydrogens is 192 g/mol. The molecule has 0 atom stereocenters. The lowest BCUT2D eigenvalue weighted by atomic mass is 10.0. The molecule has 0 radical (unpaired) electrons. The molecule has 1 aromatic rings. The van der Waals surface area contributed by atoms with Crippen LogP contribution in [0.2, 0.25) is 0 Å². The van der Waals surface area contributed by atoms with Crippen molar-refractivity contribution in [2.24, 2.45) is 0 Å². The average molecular weight is 206 g/mol. The fourth-order valence-corrected chi connectivity index (χ4v) is 1.57. The predicted octanol–water partition coefficient (Wildman–Crippen LogP) is 2.41. The molecule has 0 heterocycles. The lowest BCUT2D eigenvalue weighted by Crippen LogP contribution is -2.04. The number of benzene rings is 1. The van der Waals surface area contributed by atoms with E-state index in [0.29, 0.717) is 23.5 Å². The highest BCUT2D eigenvalue weighted by molar-refractivity contribution is 5.99. The van der Waals surface area contributed by atoms with Crippen LogP contribution >= 0.6 is 0 Å². The Labute approximate surface area is 89.1 Å². The summed E-state index contributed by atoms with van der Waals surface area (Å²) in [5.74, 6) is 0.445. The zero-order chi connectivity index (χ0) is 11.4. The Balaban J connectivity index is 3.34. The highest BCUT2D eigenvalue weighted by Gasteiger charge is 2.12. The third kappa shape index (κ3) is 2.43. The van der Waals surface area contributed by atoms with Gasteiger partial charge in [0.2, 0.25) is 0 Å². The first-order chi connectivity index (χ1) is 7.10. The molecule has 0 N–H and O–H groups in total. The molecule has 15 heavy (non-hydrogen) atoms. The lowest BCUT2D eigenvalue weighted by Gasteiger charge is -2.11. The van der Waals surface area contributed by atoms with E-state index in [1.807, 2.05) is 6.92 Å². The molecule has 1 aromatic carbocycles. The molecule has 0 aliphatic rings. The summed E-state index contributed by atoms with van der Waals surface area (Å²) in [5.41, 5.74) is 1.86. The van der Waals surface area contributed by atoms with E-state index < -0.39 is 0 Å². The van der Waals surface area contributed by atoms with Crippen molar-refractivity contribution in [1.29, 1.82) is 0 Å². The molecule has 1 rings (SSSR count). The molecule has 0 aliphatic carbocycles. The van der Waals surface area contributed by atoms with Crippen molar-refractivity contribution < 1.29 is 14.3 Å². The Morgan fingerprint density at radius 3 is 2.60 bits per heavy atom. The molecule has 3 heteroatoms. The minimum Gasteiger partial charge on any atom is -0.493 e. The van der Waals surface area contributed by atoms with Gasteiger partial charge in [-0.3, -0.25) is 9.59 Å². The van der Waals surface area contributed by atoms with E-state index in [1.165, 1.54) is 6.92 Å². The lowest BCUT2D eigenvalue weighted by molar-refractivity contribution is 0.101. The van der Waals surface area contributed by atoms with Gasteiger partial charge in [0.25, 0.3) is 0 Å². The second kappa shape index (κ2) is 4.73. The number of aryl methyl sites for hydroxylation is 1. The van der Waals surface area contributed by atoms with Crippen LogP contribution in [0.3, 0.4) is 0 Å². The molecule has 3 nitrogen and oxygen atoms in total. The maximum absolute atomic E-state index is 11.4. The van der Waals surface area contributed by atoms with Crippen LogP contribution in [0.5, 0.6) is 5.75 Å². The maximum Gasteiger partial charge on any atom is 0.163 e. The molecule has 0 aliphatic heterocycles. The van der Waals surface area contributed by atoms with Gasteiger partial charge in [0.1, 0.15) is 12.0 Å². The van der Waals surface area contributed by atoms with Crippen LogP contribution in [0.15, 0.2) is 12.1 Å². The Kier molecular flexibility index (Phi) is 3.61. The normalized spacial score (nSPS) is 9.80. The van der Waals surface area contributed by atoms with Gasteiger partial charge in [-0.05, 0) is 38.5 Å². The number of rotatable bonds is 4. The zero-order valence-electron chi connectivity index (χ0n) is 9.16. The summed E-state index contributed by atoms with van der Waals surface area (Å²) in [7, 11) is 0. The van der Waals surface area contributed by atoms with Crippen molar-refractivity contribution in [2.45, 2.75) is 20.8 Å². The third-order valence-corrected chi connectivity index (χ3v) is 2.11. The number of Topliss-reactive ketones (excluding diaryl/α,β-unsaturated/α-hetero) is 1. The van der Waals surface area contributed by atoms with Gasteiger partial charge in [-0.1, -0.05) is 0 Å². The molecule has 0 unspecified atom stereocenters. The third-order valence-electron chi connectivity index (χ3n) is 2.11. The minimum atomic E-state index is -0.0478. The summed E-state index contributed by atoms with van der Waals surface area (Å²) < 4.78 is 5.34. The van der Waals surface area contributed by atoms with E-state index in [-0.39, 0.29) is 5.78 Å². The number of carbonyl (C=O) groups is 2. The SMILES string of the molecule is CCOc1cc(C=O)cc(C)c1C(C)=O. The van der Waals surface area contributed by atoms with Gasteiger partial charge in [0.15, 0.2) is 5.78 Å². The summed E-state index contributed by atoms with van der Waals surface area (Å²) in [6.45, 7) is 5.60. The van der Waals surface area contributed by atoms with Crippen LogP contribution in [0.25, 0.3) is 0 Å². The molecule has 0 fully saturated rings. The monoisotopic (exact) mass is 206 g/mol. The minimum absolute atomic E-state index is 0.0478. The summed E-state index contributed by atoms with van der Waals surface area (Å²) in [6, 6.07) is 3.28. The highest BCUT2D eigenvalue weighted by Crippen LogP contribution is 2.24. The average Bonchev–Trinajstić information content (AvgIpc) is 2.16. The number of hydrogen-bond acceptors (Lipinski definition) is 3. The highest BCUT2D eigenvalue weighted by atomic mass is 16.5. The smallest absolute Gasteiger partial charge is 0.163 e. The second-order valence-electron chi connectivity index (χ2n) is 3.32. The Hall–Kier alpha value is -1.64. The summed E-state index contributed by atoms with van der Waals surface area (Å²) in [5, 5.41) is 0. The van der Waals surface area contributed by atoms with E-state index in [0.717, 1.165) is 11.8 Å². The number of ketones is 1. The first-order valence-corrected chi connectivity index (χ1v) is 4.83. The topological polar surface area (TPSA) is 43.4 Å². The quantitative estimate of drug-likeness (QED) is 0.561. The number of carbonyl (C=O) groups excluding carboxylic acids is 2. The van der Waals surface area contributed by atoms with Crippen molar-refractivity contribution >= 4 is 12.1 Å². The molecule has 0 amide bonds. The predicted molar refractivity (Wildman–Crippen MR) is 57.7 cm³/mol. The van der Waals surface area contributed by atoms with Crippen molar-refractivity contribution in [3.63, 3.8) is 0 Å². The van der Waals surface area contributed by atoms with E-state index in [4.69, 9.17) is 4.74 Å². The van der Waals surface area contributed by atoms with Crippen LogP contribution in [0.1, 0.15) is 40.1 Å². The zero-order valence-corrected chi connectivity index (χ0v) is 9.16. The molecule has 0 saturated carbocycles. The van der Waals surface area contributed by atoms with Gasteiger partial charge in [0, 0.05) is 5.56 Å². The van der Waals surface area contributed by atoms with Crippen LogP contribution in [-0.4, -0.2) is 18.7 Å². The summed E-state index contributed by atoms with van der Waals surface area (Å²) in [4.78, 5) is 22.0. The molecule has 0 saturated heterocycles. The molecule has 0 aromatic heterocycles. The largest absolute Gasteiger partial charge is 0.493 e. The van der Waals surface area contributed by atoms with Crippen LogP contribution in [0.4, 0.5) is 0 Å². The van der Waals surface area contributed by atoms with Gasteiger partial charge in [-0.15, -0.1) is 0 Å². The van der Waals surface area contributed by atoms with Gasteiger partial charge >= 0.3 is 0 Å². The van der Waals surface area contributed by atoms with Gasteiger partial charge < -0.3 is 4.74 Å². The van der Waals surface area contributed by atoms with Crippen molar-refractivity contribution in [1.82, 2.24) is 0 Å². The number of hydrogen-bond donors (Lipinski definition) is 0. The van der Waals surface area contributed by atoms with Crippen LogP contribution < -0.4 is 4.74 Å². The van der Waals surface area contributed by atoms with Gasteiger partial charge in [-0.2, -0.15) is 0 Å². The van der Waals surface area contributed by atoms with Crippen LogP contribution in [-0.2, 0) is 0 Å².